The normalized spacial score (nSPS) is 15.0. The van der Waals surface area contributed by atoms with Crippen LogP contribution in [-0.4, -0.2) is 31.9 Å². The fourth-order valence-corrected chi connectivity index (χ4v) is 5.45. The van der Waals surface area contributed by atoms with Gasteiger partial charge in [-0.2, -0.15) is 0 Å². The van der Waals surface area contributed by atoms with Gasteiger partial charge in [-0.3, -0.25) is 4.72 Å². The van der Waals surface area contributed by atoms with E-state index in [4.69, 9.17) is 0 Å². The largest absolute Gasteiger partial charge is 0.357 e. The van der Waals surface area contributed by atoms with Gasteiger partial charge in [-0.1, -0.05) is 42.5 Å². The molecular formula is C22H21N3O2S. The molecule has 0 aliphatic carbocycles. The van der Waals surface area contributed by atoms with E-state index in [1.165, 1.54) is 11.3 Å². The van der Waals surface area contributed by atoms with Gasteiger partial charge in [-0.05, 0) is 42.6 Å². The molecule has 1 aromatic heterocycles. The first-order chi connectivity index (χ1) is 13.5. The maximum absolute atomic E-state index is 13.3. The summed E-state index contributed by atoms with van der Waals surface area (Å²) in [5.41, 5.74) is 3.98. The summed E-state index contributed by atoms with van der Waals surface area (Å²) in [6.07, 6.45) is 0.902. The number of sulfonamides is 1. The van der Waals surface area contributed by atoms with Crippen LogP contribution in [0.25, 0.3) is 21.7 Å². The number of anilines is 1. The lowest BCUT2D eigenvalue weighted by atomic mass is 10.0. The highest BCUT2D eigenvalue weighted by Gasteiger charge is 2.23. The van der Waals surface area contributed by atoms with E-state index in [-0.39, 0.29) is 0 Å². The number of H-pyrrole nitrogens is 1. The first-order valence-electron chi connectivity index (χ1n) is 9.34. The monoisotopic (exact) mass is 391 g/mol. The maximum Gasteiger partial charge on any atom is 0.262 e. The van der Waals surface area contributed by atoms with E-state index in [9.17, 15) is 8.42 Å². The average Bonchev–Trinajstić information content (AvgIpc) is 3.05. The molecule has 5 rings (SSSR count). The molecule has 1 aliphatic rings. The van der Waals surface area contributed by atoms with Crippen molar-refractivity contribution in [3.8, 4) is 0 Å². The van der Waals surface area contributed by atoms with Crippen molar-refractivity contribution >= 4 is 37.4 Å². The summed E-state index contributed by atoms with van der Waals surface area (Å²) in [7, 11) is -1.63. The van der Waals surface area contributed by atoms with Gasteiger partial charge >= 0.3 is 0 Å². The molecular weight excluding hydrogens is 370 g/mol. The number of likely N-dealkylation sites (N-methyl/N-ethyl adjacent to an activating group) is 1. The molecule has 2 N–H and O–H groups in total. The third-order valence-corrected chi connectivity index (χ3v) is 6.89. The highest BCUT2D eigenvalue weighted by atomic mass is 32.2. The van der Waals surface area contributed by atoms with Crippen LogP contribution in [0, 0.1) is 0 Å². The van der Waals surface area contributed by atoms with E-state index in [0.717, 1.165) is 41.2 Å². The van der Waals surface area contributed by atoms with Gasteiger partial charge < -0.3 is 9.88 Å². The summed E-state index contributed by atoms with van der Waals surface area (Å²) in [6.45, 7) is 1.81. The van der Waals surface area contributed by atoms with Crippen molar-refractivity contribution in [2.24, 2.45) is 0 Å². The summed E-state index contributed by atoms with van der Waals surface area (Å²) < 4.78 is 29.4. The average molecular weight is 391 g/mol. The second kappa shape index (κ2) is 6.36. The van der Waals surface area contributed by atoms with Crippen molar-refractivity contribution in [1.29, 1.82) is 0 Å². The number of rotatable bonds is 3. The highest BCUT2D eigenvalue weighted by molar-refractivity contribution is 7.93. The Morgan fingerprint density at radius 2 is 1.79 bits per heavy atom. The van der Waals surface area contributed by atoms with Gasteiger partial charge in [0.25, 0.3) is 10.0 Å². The zero-order valence-electron chi connectivity index (χ0n) is 15.6. The summed E-state index contributed by atoms with van der Waals surface area (Å²) in [5, 5.41) is 2.61. The SMILES string of the molecule is CN1CCc2c([nH]c3cccc(NS(=O)(=O)c4cccc5ccccc45)c23)C1. The van der Waals surface area contributed by atoms with Crippen LogP contribution < -0.4 is 4.72 Å². The fourth-order valence-electron chi connectivity index (χ4n) is 4.15. The van der Waals surface area contributed by atoms with E-state index in [1.807, 2.05) is 48.5 Å². The van der Waals surface area contributed by atoms with Crippen molar-refractivity contribution in [1.82, 2.24) is 9.88 Å². The molecule has 5 nitrogen and oxygen atoms in total. The molecule has 0 spiro atoms. The molecule has 0 fully saturated rings. The van der Waals surface area contributed by atoms with Crippen molar-refractivity contribution in [2.75, 3.05) is 18.3 Å². The third-order valence-electron chi connectivity index (χ3n) is 5.47. The number of nitrogens with zero attached hydrogens (tertiary/aromatic N) is 1. The van der Waals surface area contributed by atoms with Crippen LogP contribution in [0.4, 0.5) is 5.69 Å². The minimum Gasteiger partial charge on any atom is -0.357 e. The number of hydrogen-bond donors (Lipinski definition) is 2. The Hall–Kier alpha value is -2.83. The van der Waals surface area contributed by atoms with E-state index in [2.05, 4.69) is 21.7 Å². The molecule has 0 saturated carbocycles. The molecule has 4 aromatic rings. The van der Waals surface area contributed by atoms with Crippen LogP contribution in [0.1, 0.15) is 11.3 Å². The van der Waals surface area contributed by atoms with Gasteiger partial charge in [-0.25, -0.2) is 8.42 Å². The molecule has 2 heterocycles. The van der Waals surface area contributed by atoms with Crippen molar-refractivity contribution in [3.05, 3.63) is 71.9 Å². The van der Waals surface area contributed by atoms with E-state index >= 15 is 0 Å². The molecule has 0 unspecified atom stereocenters. The molecule has 6 heteroatoms. The molecule has 0 atom stereocenters. The maximum atomic E-state index is 13.3. The molecule has 0 radical (unpaired) electrons. The van der Waals surface area contributed by atoms with E-state index < -0.39 is 10.0 Å². The van der Waals surface area contributed by atoms with E-state index in [0.29, 0.717) is 10.6 Å². The van der Waals surface area contributed by atoms with Gasteiger partial charge in [0.2, 0.25) is 0 Å². The Bertz CT molecular complexity index is 1300. The zero-order valence-corrected chi connectivity index (χ0v) is 16.4. The van der Waals surface area contributed by atoms with Crippen molar-refractivity contribution in [3.63, 3.8) is 0 Å². The molecule has 0 saturated heterocycles. The van der Waals surface area contributed by atoms with E-state index in [1.54, 1.807) is 12.1 Å². The lowest BCUT2D eigenvalue weighted by molar-refractivity contribution is 0.310. The van der Waals surface area contributed by atoms with Gasteiger partial charge in [-0.15, -0.1) is 0 Å². The topological polar surface area (TPSA) is 65.2 Å². The zero-order chi connectivity index (χ0) is 19.3. The Morgan fingerprint density at radius 1 is 1.00 bits per heavy atom. The lowest BCUT2D eigenvalue weighted by Gasteiger charge is -2.22. The van der Waals surface area contributed by atoms with Gasteiger partial charge in [0.05, 0.1) is 10.6 Å². The van der Waals surface area contributed by atoms with Gasteiger partial charge in [0.15, 0.2) is 0 Å². The van der Waals surface area contributed by atoms with Crippen LogP contribution in [0.3, 0.4) is 0 Å². The minimum absolute atomic E-state index is 0.298. The predicted molar refractivity (Wildman–Crippen MR) is 113 cm³/mol. The Labute approximate surface area is 164 Å². The minimum atomic E-state index is -3.72. The molecule has 0 bridgehead atoms. The van der Waals surface area contributed by atoms with Crippen LogP contribution >= 0.6 is 0 Å². The molecule has 1 aliphatic heterocycles. The number of aromatic amines is 1. The third kappa shape index (κ3) is 2.77. The standard InChI is InChI=1S/C22H21N3O2S/c1-25-13-12-17-20(14-25)23-18-9-5-10-19(22(17)18)24-28(26,27)21-11-4-7-15-6-2-3-8-16(15)21/h2-11,23-24H,12-14H2,1H3. The lowest BCUT2D eigenvalue weighted by Crippen LogP contribution is -2.26. The number of aromatic nitrogens is 1. The summed E-state index contributed by atoms with van der Waals surface area (Å²) in [5.74, 6) is 0. The van der Waals surface area contributed by atoms with Crippen LogP contribution in [0.15, 0.2) is 65.6 Å². The molecule has 0 amide bonds. The summed E-state index contributed by atoms with van der Waals surface area (Å²) in [6, 6.07) is 18.6. The summed E-state index contributed by atoms with van der Waals surface area (Å²) in [4.78, 5) is 6.02. The highest BCUT2D eigenvalue weighted by Crippen LogP contribution is 2.34. The first kappa shape index (κ1) is 17.3. The van der Waals surface area contributed by atoms with Gasteiger partial charge in [0.1, 0.15) is 0 Å². The quantitative estimate of drug-likeness (QED) is 0.552. The first-order valence-corrected chi connectivity index (χ1v) is 10.8. The second-order valence-electron chi connectivity index (χ2n) is 7.38. The van der Waals surface area contributed by atoms with Crippen molar-refractivity contribution in [2.45, 2.75) is 17.9 Å². The Balaban J connectivity index is 1.64. The number of benzene rings is 3. The van der Waals surface area contributed by atoms with Crippen LogP contribution in [0.5, 0.6) is 0 Å². The molecule has 142 valence electrons. The smallest absolute Gasteiger partial charge is 0.262 e. The Kier molecular flexibility index (Phi) is 3.92. The number of fused-ring (bicyclic) bond motifs is 4. The number of hydrogen-bond acceptors (Lipinski definition) is 3. The Morgan fingerprint density at radius 3 is 2.68 bits per heavy atom. The number of nitrogens with one attached hydrogen (secondary N) is 2. The van der Waals surface area contributed by atoms with Crippen LogP contribution in [0.2, 0.25) is 0 Å². The molecule has 3 aromatic carbocycles. The molecule has 28 heavy (non-hydrogen) atoms. The second-order valence-corrected chi connectivity index (χ2v) is 9.03. The van der Waals surface area contributed by atoms with Gasteiger partial charge in [0, 0.05) is 35.1 Å². The van der Waals surface area contributed by atoms with Crippen molar-refractivity contribution < 1.29 is 8.42 Å². The predicted octanol–water partition coefficient (Wildman–Crippen LogP) is 4.11. The fraction of sp³-hybridized carbons (Fsp3) is 0.182. The van der Waals surface area contributed by atoms with Crippen LogP contribution in [-0.2, 0) is 23.0 Å². The summed E-state index contributed by atoms with van der Waals surface area (Å²) >= 11 is 0.